The van der Waals surface area contributed by atoms with E-state index in [0.717, 1.165) is 18.4 Å². The average molecular weight is 382 g/mol. The summed E-state index contributed by atoms with van der Waals surface area (Å²) in [6, 6.07) is 12.8. The number of amides is 2. The molecule has 0 unspecified atom stereocenters. The Bertz CT molecular complexity index is 823. The Balaban J connectivity index is 2.12. The van der Waals surface area contributed by atoms with E-state index in [2.05, 4.69) is 15.4 Å². The van der Waals surface area contributed by atoms with Gasteiger partial charge in [-0.3, -0.25) is 4.72 Å². The van der Waals surface area contributed by atoms with Gasteiger partial charge in [0.25, 0.3) is 10.0 Å². The quantitative estimate of drug-likeness (QED) is 0.642. The van der Waals surface area contributed by atoms with Crippen LogP contribution in [0.1, 0.15) is 12.0 Å². The largest absolute Gasteiger partial charge is 0.341 e. The van der Waals surface area contributed by atoms with Crippen LogP contribution in [-0.2, 0) is 16.4 Å². The normalized spacial score (nSPS) is 11.0. The molecule has 0 spiro atoms. The van der Waals surface area contributed by atoms with E-state index in [1.54, 1.807) is 48.5 Å². The number of nitrogens with one attached hydrogen (secondary N) is 3. The van der Waals surface area contributed by atoms with Crippen LogP contribution >= 0.6 is 11.6 Å². The highest BCUT2D eigenvalue weighted by atomic mass is 35.5. The van der Waals surface area contributed by atoms with E-state index in [1.165, 1.54) is 7.05 Å². The number of halogens is 1. The monoisotopic (exact) mass is 381 g/mol. The number of benzene rings is 2. The first-order valence-corrected chi connectivity index (χ1v) is 9.73. The molecule has 134 valence electrons. The smallest absolute Gasteiger partial charge is 0.318 e. The topological polar surface area (TPSA) is 87.3 Å². The second-order valence-electron chi connectivity index (χ2n) is 5.33. The lowest BCUT2D eigenvalue weighted by molar-refractivity contribution is 0.254. The van der Waals surface area contributed by atoms with Crippen LogP contribution in [-0.4, -0.2) is 27.4 Å². The zero-order valence-corrected chi connectivity index (χ0v) is 15.3. The van der Waals surface area contributed by atoms with Gasteiger partial charge in [0.15, 0.2) is 0 Å². The van der Waals surface area contributed by atoms with Crippen molar-refractivity contribution in [3.63, 3.8) is 0 Å². The number of urea groups is 1. The first-order chi connectivity index (χ1) is 11.9. The van der Waals surface area contributed by atoms with Gasteiger partial charge in [-0.1, -0.05) is 18.2 Å². The maximum absolute atomic E-state index is 12.5. The molecular formula is C17H20ClN3O3S. The SMILES string of the molecule is CNC(=O)Nc1cccc(NS(=O)(=O)c2ccc(CCCCl)cc2)c1. The van der Waals surface area contributed by atoms with Gasteiger partial charge in [0, 0.05) is 18.6 Å². The summed E-state index contributed by atoms with van der Waals surface area (Å²) in [5.74, 6) is 0.571. The first-order valence-electron chi connectivity index (χ1n) is 7.71. The molecule has 0 fully saturated rings. The summed E-state index contributed by atoms with van der Waals surface area (Å²) in [4.78, 5) is 11.5. The predicted octanol–water partition coefficient (Wildman–Crippen LogP) is 3.41. The Morgan fingerprint density at radius 3 is 2.40 bits per heavy atom. The summed E-state index contributed by atoms with van der Waals surface area (Å²) in [6.07, 6.45) is 1.65. The maximum Gasteiger partial charge on any atom is 0.318 e. The van der Waals surface area contributed by atoms with E-state index < -0.39 is 10.0 Å². The highest BCUT2D eigenvalue weighted by Gasteiger charge is 2.14. The number of sulfonamides is 1. The van der Waals surface area contributed by atoms with Crippen molar-refractivity contribution in [1.29, 1.82) is 0 Å². The van der Waals surface area contributed by atoms with Crippen molar-refractivity contribution in [2.24, 2.45) is 0 Å². The van der Waals surface area contributed by atoms with Gasteiger partial charge in [0.1, 0.15) is 0 Å². The molecular weight excluding hydrogens is 362 g/mol. The molecule has 8 heteroatoms. The van der Waals surface area contributed by atoms with Crippen LogP contribution in [0.15, 0.2) is 53.4 Å². The minimum absolute atomic E-state index is 0.173. The van der Waals surface area contributed by atoms with Crippen molar-refractivity contribution in [1.82, 2.24) is 5.32 Å². The number of hydrogen-bond donors (Lipinski definition) is 3. The zero-order chi connectivity index (χ0) is 18.3. The molecule has 0 heterocycles. The maximum atomic E-state index is 12.5. The van der Waals surface area contributed by atoms with Crippen molar-refractivity contribution in [3.8, 4) is 0 Å². The van der Waals surface area contributed by atoms with Crippen molar-refractivity contribution in [2.75, 3.05) is 23.0 Å². The minimum Gasteiger partial charge on any atom is -0.341 e. The van der Waals surface area contributed by atoms with Crippen LogP contribution in [0.25, 0.3) is 0 Å². The van der Waals surface area contributed by atoms with Crippen LogP contribution in [0.4, 0.5) is 16.2 Å². The summed E-state index contributed by atoms with van der Waals surface area (Å²) in [7, 11) is -2.21. The molecule has 6 nitrogen and oxygen atoms in total. The lowest BCUT2D eigenvalue weighted by Gasteiger charge is -2.11. The van der Waals surface area contributed by atoms with Crippen molar-refractivity contribution in [3.05, 3.63) is 54.1 Å². The Kier molecular flexibility index (Phi) is 6.66. The van der Waals surface area contributed by atoms with Crippen molar-refractivity contribution >= 4 is 39.0 Å². The summed E-state index contributed by atoms with van der Waals surface area (Å²) in [5.41, 5.74) is 1.88. The molecule has 25 heavy (non-hydrogen) atoms. The molecule has 0 saturated heterocycles. The van der Waals surface area contributed by atoms with Crippen LogP contribution in [0, 0.1) is 0 Å². The highest BCUT2D eigenvalue weighted by Crippen LogP contribution is 2.20. The predicted molar refractivity (Wildman–Crippen MR) is 101 cm³/mol. The molecule has 0 bridgehead atoms. The van der Waals surface area contributed by atoms with Crippen LogP contribution < -0.4 is 15.4 Å². The molecule has 2 aromatic rings. The number of carbonyl (C=O) groups excluding carboxylic acids is 1. The lowest BCUT2D eigenvalue weighted by Crippen LogP contribution is -2.24. The number of aryl methyl sites for hydroxylation is 1. The van der Waals surface area contributed by atoms with Gasteiger partial charge in [0.2, 0.25) is 0 Å². The summed E-state index contributed by atoms with van der Waals surface area (Å²) in [6.45, 7) is 0. The van der Waals surface area contributed by atoms with Gasteiger partial charge in [0.05, 0.1) is 10.6 Å². The number of rotatable bonds is 7. The fourth-order valence-electron chi connectivity index (χ4n) is 2.17. The number of carbonyl (C=O) groups is 1. The zero-order valence-electron chi connectivity index (χ0n) is 13.8. The van der Waals surface area contributed by atoms with Gasteiger partial charge in [-0.15, -0.1) is 11.6 Å². The molecule has 0 aromatic heterocycles. The molecule has 0 saturated carbocycles. The summed E-state index contributed by atoms with van der Waals surface area (Å²) in [5, 5.41) is 5.02. The summed E-state index contributed by atoms with van der Waals surface area (Å²) < 4.78 is 27.5. The van der Waals surface area contributed by atoms with E-state index in [9.17, 15) is 13.2 Å². The van der Waals surface area contributed by atoms with E-state index >= 15 is 0 Å². The number of alkyl halides is 1. The van der Waals surface area contributed by atoms with Crippen molar-refractivity contribution in [2.45, 2.75) is 17.7 Å². The van der Waals surface area contributed by atoms with Gasteiger partial charge in [-0.25, -0.2) is 13.2 Å². The second kappa shape index (κ2) is 8.73. The lowest BCUT2D eigenvalue weighted by atomic mass is 10.1. The van der Waals surface area contributed by atoms with E-state index in [0.29, 0.717) is 17.3 Å². The van der Waals surface area contributed by atoms with Gasteiger partial charge in [-0.05, 0) is 48.7 Å². The highest BCUT2D eigenvalue weighted by molar-refractivity contribution is 7.92. The average Bonchev–Trinajstić information content (AvgIpc) is 2.60. The van der Waals surface area contributed by atoms with Crippen LogP contribution in [0.3, 0.4) is 0 Å². The van der Waals surface area contributed by atoms with Crippen molar-refractivity contribution < 1.29 is 13.2 Å². The molecule has 0 aliphatic heterocycles. The number of anilines is 2. The van der Waals surface area contributed by atoms with Crippen LogP contribution in [0.2, 0.25) is 0 Å². The van der Waals surface area contributed by atoms with E-state index in [-0.39, 0.29) is 10.9 Å². The summed E-state index contributed by atoms with van der Waals surface area (Å²) >= 11 is 5.66. The Labute approximate surface area is 152 Å². The molecule has 2 rings (SSSR count). The Morgan fingerprint density at radius 1 is 1.08 bits per heavy atom. The second-order valence-corrected chi connectivity index (χ2v) is 7.39. The number of hydrogen-bond acceptors (Lipinski definition) is 3. The van der Waals surface area contributed by atoms with Gasteiger partial charge < -0.3 is 10.6 Å². The first kappa shape index (κ1) is 19.1. The minimum atomic E-state index is -3.71. The molecule has 0 atom stereocenters. The van der Waals surface area contributed by atoms with E-state index in [4.69, 9.17) is 11.6 Å². The molecule has 0 aliphatic rings. The Hall–Kier alpha value is -2.25. The van der Waals surface area contributed by atoms with Crippen LogP contribution in [0.5, 0.6) is 0 Å². The molecule has 0 radical (unpaired) electrons. The van der Waals surface area contributed by atoms with Gasteiger partial charge in [-0.2, -0.15) is 0 Å². The van der Waals surface area contributed by atoms with E-state index in [1.807, 2.05) is 0 Å². The third-order valence-corrected chi connectivity index (χ3v) is 5.10. The Morgan fingerprint density at radius 2 is 1.76 bits per heavy atom. The third-order valence-electron chi connectivity index (χ3n) is 3.43. The van der Waals surface area contributed by atoms with Gasteiger partial charge >= 0.3 is 6.03 Å². The molecule has 0 aliphatic carbocycles. The standard InChI is InChI=1S/C17H20ClN3O3S/c1-19-17(22)20-14-5-2-6-15(12-14)21-25(23,24)16-9-7-13(8-10-16)4-3-11-18/h2,5-10,12,21H,3-4,11H2,1H3,(H2,19,20,22). The molecule has 3 N–H and O–H groups in total. The third kappa shape index (κ3) is 5.65. The molecule has 2 amide bonds. The molecule has 2 aromatic carbocycles. The fourth-order valence-corrected chi connectivity index (χ4v) is 3.36. The fraction of sp³-hybridized carbons (Fsp3) is 0.235.